The summed E-state index contributed by atoms with van der Waals surface area (Å²) < 4.78 is 2.05. The van der Waals surface area contributed by atoms with E-state index in [4.69, 9.17) is 5.73 Å². The number of hydrogen-bond donors (Lipinski definition) is 2. The summed E-state index contributed by atoms with van der Waals surface area (Å²) in [6.07, 6.45) is 2.86. The molecule has 0 saturated carbocycles. The normalized spacial score (nSPS) is 18.1. The average molecular weight is 277 g/mol. The van der Waals surface area contributed by atoms with Gasteiger partial charge in [0.15, 0.2) is 5.82 Å². The largest absolute Gasteiger partial charge is 0.354 e. The summed E-state index contributed by atoms with van der Waals surface area (Å²) in [6.45, 7) is 3.81. The van der Waals surface area contributed by atoms with E-state index in [0.29, 0.717) is 12.6 Å². The zero-order valence-electron chi connectivity index (χ0n) is 11.1. The molecule has 0 saturated heterocycles. The average Bonchev–Trinajstić information content (AvgIpc) is 3.01. The zero-order chi connectivity index (χ0) is 13.2. The number of rotatable bonds is 4. The topological polar surface area (TPSA) is 68.8 Å². The van der Waals surface area contributed by atoms with Gasteiger partial charge in [-0.2, -0.15) is 10.1 Å². The van der Waals surface area contributed by atoms with Gasteiger partial charge in [0.1, 0.15) is 0 Å². The molecular weight excluding hydrogens is 258 g/mol. The molecular formula is C13H19N5S. The van der Waals surface area contributed by atoms with Crippen molar-refractivity contribution in [3.63, 3.8) is 0 Å². The second-order valence-electron chi connectivity index (χ2n) is 4.89. The van der Waals surface area contributed by atoms with Crippen LogP contribution in [-0.4, -0.2) is 27.9 Å². The highest BCUT2D eigenvalue weighted by molar-refractivity contribution is 7.10. The molecule has 2 aromatic rings. The number of nitrogens with two attached hydrogens (primary N) is 1. The molecule has 0 fully saturated rings. The van der Waals surface area contributed by atoms with Gasteiger partial charge in [-0.05, 0) is 43.3 Å². The molecule has 102 valence electrons. The van der Waals surface area contributed by atoms with Crippen LogP contribution in [0.25, 0.3) is 0 Å². The first-order valence-electron chi connectivity index (χ1n) is 6.73. The lowest BCUT2D eigenvalue weighted by Gasteiger charge is -2.24. The standard InChI is InChI=1S/C13H19N5S/c1-9-5-8-19-12(9)10-4-7-15-13-16-11(3-2-6-14)17-18(10)13/h5,8,10H,2-4,6-7,14H2,1H3,(H,15,16,17). The van der Waals surface area contributed by atoms with Gasteiger partial charge in [-0.25, -0.2) is 4.68 Å². The van der Waals surface area contributed by atoms with Gasteiger partial charge in [0, 0.05) is 17.8 Å². The van der Waals surface area contributed by atoms with Crippen molar-refractivity contribution in [2.45, 2.75) is 32.2 Å². The molecule has 19 heavy (non-hydrogen) atoms. The van der Waals surface area contributed by atoms with E-state index >= 15 is 0 Å². The summed E-state index contributed by atoms with van der Waals surface area (Å²) in [4.78, 5) is 5.97. The molecule has 1 atom stereocenters. The van der Waals surface area contributed by atoms with Crippen molar-refractivity contribution in [2.24, 2.45) is 5.73 Å². The van der Waals surface area contributed by atoms with Crippen molar-refractivity contribution >= 4 is 17.3 Å². The predicted molar refractivity (Wildman–Crippen MR) is 77.7 cm³/mol. The number of anilines is 1. The quantitative estimate of drug-likeness (QED) is 0.896. The predicted octanol–water partition coefficient (Wildman–Crippen LogP) is 1.94. The maximum Gasteiger partial charge on any atom is 0.222 e. The fourth-order valence-corrected chi connectivity index (χ4v) is 3.53. The van der Waals surface area contributed by atoms with Gasteiger partial charge < -0.3 is 11.1 Å². The molecule has 0 radical (unpaired) electrons. The molecule has 1 aliphatic heterocycles. The number of thiophene rings is 1. The van der Waals surface area contributed by atoms with E-state index in [2.05, 4.69) is 33.8 Å². The first-order chi connectivity index (χ1) is 9.29. The maximum absolute atomic E-state index is 5.55. The van der Waals surface area contributed by atoms with Crippen LogP contribution in [0.4, 0.5) is 5.95 Å². The third kappa shape index (κ3) is 2.37. The van der Waals surface area contributed by atoms with Crippen molar-refractivity contribution in [1.29, 1.82) is 0 Å². The highest BCUT2D eigenvalue weighted by Crippen LogP contribution is 2.33. The van der Waals surface area contributed by atoms with Gasteiger partial charge in [0.2, 0.25) is 5.95 Å². The van der Waals surface area contributed by atoms with Crippen molar-refractivity contribution in [1.82, 2.24) is 14.8 Å². The van der Waals surface area contributed by atoms with Gasteiger partial charge in [0.25, 0.3) is 0 Å². The van der Waals surface area contributed by atoms with E-state index < -0.39 is 0 Å². The Balaban J connectivity index is 1.91. The molecule has 3 heterocycles. The number of hydrogen-bond acceptors (Lipinski definition) is 5. The molecule has 0 spiro atoms. The van der Waals surface area contributed by atoms with E-state index in [1.807, 2.05) is 16.0 Å². The molecule has 0 aromatic carbocycles. The van der Waals surface area contributed by atoms with Crippen LogP contribution in [-0.2, 0) is 6.42 Å². The summed E-state index contributed by atoms with van der Waals surface area (Å²) in [5.74, 6) is 1.80. The molecule has 2 aromatic heterocycles. The van der Waals surface area contributed by atoms with Crippen molar-refractivity contribution in [2.75, 3.05) is 18.4 Å². The number of nitrogens with one attached hydrogen (secondary N) is 1. The number of aromatic nitrogens is 3. The minimum atomic E-state index is 0.329. The van der Waals surface area contributed by atoms with E-state index in [-0.39, 0.29) is 0 Å². The first-order valence-corrected chi connectivity index (χ1v) is 7.61. The highest BCUT2D eigenvalue weighted by Gasteiger charge is 2.26. The summed E-state index contributed by atoms with van der Waals surface area (Å²) in [6, 6.07) is 2.50. The molecule has 0 amide bonds. The molecule has 5 nitrogen and oxygen atoms in total. The van der Waals surface area contributed by atoms with Crippen LogP contribution < -0.4 is 11.1 Å². The van der Waals surface area contributed by atoms with E-state index in [1.54, 1.807) is 0 Å². The smallest absolute Gasteiger partial charge is 0.222 e. The Hall–Kier alpha value is -1.40. The lowest BCUT2D eigenvalue weighted by molar-refractivity contribution is 0.481. The monoisotopic (exact) mass is 277 g/mol. The van der Waals surface area contributed by atoms with Crippen LogP contribution >= 0.6 is 11.3 Å². The van der Waals surface area contributed by atoms with Crippen LogP contribution in [0.2, 0.25) is 0 Å². The Labute approximate surface area is 116 Å². The lowest BCUT2D eigenvalue weighted by atomic mass is 10.1. The Morgan fingerprint density at radius 2 is 2.47 bits per heavy atom. The lowest BCUT2D eigenvalue weighted by Crippen LogP contribution is -2.24. The molecule has 1 unspecified atom stereocenters. The Bertz CT molecular complexity index is 559. The maximum atomic E-state index is 5.55. The second-order valence-corrected chi connectivity index (χ2v) is 5.84. The van der Waals surface area contributed by atoms with Crippen LogP contribution in [0.15, 0.2) is 11.4 Å². The second kappa shape index (κ2) is 5.30. The number of fused-ring (bicyclic) bond motifs is 1. The van der Waals surface area contributed by atoms with E-state index in [1.165, 1.54) is 10.4 Å². The Morgan fingerprint density at radius 1 is 1.58 bits per heavy atom. The molecule has 0 aliphatic carbocycles. The molecule has 3 rings (SSSR count). The molecule has 3 N–H and O–H groups in total. The first kappa shape index (κ1) is 12.6. The van der Waals surface area contributed by atoms with Crippen LogP contribution in [0, 0.1) is 6.92 Å². The third-order valence-electron chi connectivity index (χ3n) is 3.48. The summed E-state index contributed by atoms with van der Waals surface area (Å²) in [7, 11) is 0. The Morgan fingerprint density at radius 3 is 3.21 bits per heavy atom. The minimum absolute atomic E-state index is 0.329. The fourth-order valence-electron chi connectivity index (χ4n) is 2.48. The molecule has 0 bridgehead atoms. The van der Waals surface area contributed by atoms with Crippen molar-refractivity contribution in [3.05, 3.63) is 27.7 Å². The van der Waals surface area contributed by atoms with E-state index in [0.717, 1.165) is 37.6 Å². The van der Waals surface area contributed by atoms with Crippen LogP contribution in [0.3, 0.4) is 0 Å². The summed E-state index contributed by atoms with van der Waals surface area (Å²) in [5.41, 5.74) is 6.90. The van der Waals surface area contributed by atoms with Crippen LogP contribution in [0.1, 0.15) is 35.1 Å². The van der Waals surface area contributed by atoms with Gasteiger partial charge in [-0.3, -0.25) is 0 Å². The SMILES string of the molecule is Cc1ccsc1C1CCNc2nc(CCCN)nn21. The van der Waals surface area contributed by atoms with Crippen LogP contribution in [0.5, 0.6) is 0 Å². The number of nitrogens with zero attached hydrogens (tertiary/aromatic N) is 3. The van der Waals surface area contributed by atoms with Gasteiger partial charge >= 0.3 is 0 Å². The van der Waals surface area contributed by atoms with Crippen molar-refractivity contribution < 1.29 is 0 Å². The van der Waals surface area contributed by atoms with Gasteiger partial charge in [0.05, 0.1) is 6.04 Å². The van der Waals surface area contributed by atoms with Gasteiger partial charge in [-0.15, -0.1) is 11.3 Å². The third-order valence-corrected chi connectivity index (χ3v) is 4.60. The van der Waals surface area contributed by atoms with Gasteiger partial charge in [-0.1, -0.05) is 0 Å². The minimum Gasteiger partial charge on any atom is -0.354 e. The molecule has 1 aliphatic rings. The Kier molecular flexibility index (Phi) is 3.52. The summed E-state index contributed by atoms with van der Waals surface area (Å²) in [5, 5.41) is 10.1. The van der Waals surface area contributed by atoms with E-state index in [9.17, 15) is 0 Å². The molecule has 6 heteroatoms. The fraction of sp³-hybridized carbons (Fsp3) is 0.538. The highest BCUT2D eigenvalue weighted by atomic mass is 32.1. The van der Waals surface area contributed by atoms with Crippen molar-refractivity contribution in [3.8, 4) is 0 Å². The summed E-state index contributed by atoms with van der Waals surface area (Å²) >= 11 is 1.81. The number of aryl methyl sites for hydroxylation is 2. The zero-order valence-corrected chi connectivity index (χ0v) is 11.9.